The lowest BCUT2D eigenvalue weighted by Gasteiger charge is -2.13. The van der Waals surface area contributed by atoms with Crippen LogP contribution in [0.3, 0.4) is 0 Å². The maximum absolute atomic E-state index is 11.8. The summed E-state index contributed by atoms with van der Waals surface area (Å²) in [4.78, 5) is 23.7. The van der Waals surface area contributed by atoms with Crippen LogP contribution in [-0.4, -0.2) is 48.6 Å². The zero-order chi connectivity index (χ0) is 21.1. The van der Waals surface area contributed by atoms with Crippen molar-refractivity contribution in [1.29, 1.82) is 0 Å². The number of benzene rings is 2. The molecule has 0 radical (unpaired) electrons. The summed E-state index contributed by atoms with van der Waals surface area (Å²) >= 11 is 0. The molecule has 29 heavy (non-hydrogen) atoms. The first-order valence-corrected chi connectivity index (χ1v) is 8.78. The molecule has 0 aromatic heterocycles. The smallest absolute Gasteiger partial charge is 0.331 e. The van der Waals surface area contributed by atoms with Crippen LogP contribution in [-0.2, 0) is 19.1 Å². The molecule has 0 saturated carbocycles. The van der Waals surface area contributed by atoms with Gasteiger partial charge in [-0.2, -0.15) is 0 Å². The molecule has 7 heteroatoms. The van der Waals surface area contributed by atoms with Crippen molar-refractivity contribution in [3.63, 3.8) is 0 Å². The fourth-order valence-corrected chi connectivity index (χ4v) is 2.24. The third-order valence-electron chi connectivity index (χ3n) is 3.73. The van der Waals surface area contributed by atoms with E-state index < -0.39 is 24.6 Å². The van der Waals surface area contributed by atoms with Gasteiger partial charge in [0.25, 0.3) is 0 Å². The molecule has 0 fully saturated rings. The lowest BCUT2D eigenvalue weighted by Crippen LogP contribution is -2.27. The van der Waals surface area contributed by atoms with Gasteiger partial charge in [-0.25, -0.2) is 9.59 Å². The van der Waals surface area contributed by atoms with Crippen molar-refractivity contribution in [3.05, 3.63) is 71.8 Å². The number of hydrogen-bond donors (Lipinski definition) is 2. The van der Waals surface area contributed by atoms with Crippen molar-refractivity contribution >= 4 is 24.1 Å². The van der Waals surface area contributed by atoms with Gasteiger partial charge in [-0.05, 0) is 35.4 Å². The molecule has 0 saturated heterocycles. The molecule has 152 valence electrons. The number of aliphatic hydroxyl groups excluding tert-OH is 1. The average molecular weight is 398 g/mol. The van der Waals surface area contributed by atoms with Crippen molar-refractivity contribution in [3.8, 4) is 11.5 Å². The summed E-state index contributed by atoms with van der Waals surface area (Å²) in [7, 11) is 1.42. The predicted molar refractivity (Wildman–Crippen MR) is 107 cm³/mol. The van der Waals surface area contributed by atoms with Gasteiger partial charge in [0.05, 0.1) is 13.7 Å². The first kappa shape index (κ1) is 21.7. The van der Waals surface area contributed by atoms with E-state index in [0.717, 1.165) is 5.56 Å². The number of ether oxygens (including phenoxy) is 3. The van der Waals surface area contributed by atoms with Crippen molar-refractivity contribution in [2.45, 2.75) is 6.10 Å². The third-order valence-corrected chi connectivity index (χ3v) is 3.73. The van der Waals surface area contributed by atoms with Gasteiger partial charge in [0.15, 0.2) is 17.6 Å². The molecule has 1 atom stereocenters. The van der Waals surface area contributed by atoms with Gasteiger partial charge in [0.1, 0.15) is 6.61 Å². The normalized spacial score (nSPS) is 12.1. The Balaban J connectivity index is 1.82. The lowest BCUT2D eigenvalue weighted by molar-refractivity contribution is -0.154. The molecule has 0 aliphatic heterocycles. The molecule has 7 nitrogen and oxygen atoms in total. The molecule has 2 aromatic rings. The number of rotatable bonds is 9. The number of aliphatic hydroxyl groups is 1. The second-order valence-electron chi connectivity index (χ2n) is 5.88. The van der Waals surface area contributed by atoms with Crippen LogP contribution in [0.25, 0.3) is 12.2 Å². The predicted octanol–water partition coefficient (Wildman–Crippen LogP) is 2.57. The summed E-state index contributed by atoms with van der Waals surface area (Å²) in [6.07, 6.45) is 4.49. The van der Waals surface area contributed by atoms with Crippen LogP contribution < -0.4 is 4.74 Å². The van der Waals surface area contributed by atoms with Crippen molar-refractivity contribution in [1.82, 2.24) is 0 Å². The van der Waals surface area contributed by atoms with E-state index in [1.54, 1.807) is 18.2 Å². The standard InChI is InChI=1S/C22H22O7/c1-27-20-13-17(7-10-19(20)24)9-11-21(25)28-15-18(14-23)29-22(26)12-8-16-5-3-2-4-6-16/h2-13,18,23-24H,14-15H2,1H3/b11-9+,12-8+. The van der Waals surface area contributed by atoms with Crippen LogP contribution in [0.5, 0.6) is 11.5 Å². The fraction of sp³-hybridized carbons (Fsp3) is 0.182. The van der Waals surface area contributed by atoms with Crippen molar-refractivity contribution in [2.75, 3.05) is 20.3 Å². The number of carbonyl (C=O) groups excluding carboxylic acids is 2. The summed E-state index contributed by atoms with van der Waals surface area (Å²) in [5.41, 5.74) is 1.44. The molecule has 0 spiro atoms. The number of aromatic hydroxyl groups is 1. The Morgan fingerprint density at radius 1 is 1.00 bits per heavy atom. The number of esters is 2. The zero-order valence-electron chi connectivity index (χ0n) is 15.9. The van der Waals surface area contributed by atoms with E-state index in [1.165, 1.54) is 31.4 Å². The van der Waals surface area contributed by atoms with Gasteiger partial charge in [0, 0.05) is 12.2 Å². The molecule has 0 bridgehead atoms. The summed E-state index contributed by atoms with van der Waals surface area (Å²) in [5, 5.41) is 18.9. The monoisotopic (exact) mass is 398 g/mol. The van der Waals surface area contributed by atoms with E-state index >= 15 is 0 Å². The fourth-order valence-electron chi connectivity index (χ4n) is 2.24. The minimum Gasteiger partial charge on any atom is -0.504 e. The zero-order valence-corrected chi connectivity index (χ0v) is 15.9. The Morgan fingerprint density at radius 2 is 1.69 bits per heavy atom. The van der Waals surface area contributed by atoms with Crippen LogP contribution in [0.4, 0.5) is 0 Å². The molecular formula is C22H22O7. The van der Waals surface area contributed by atoms with Gasteiger partial charge >= 0.3 is 11.9 Å². The van der Waals surface area contributed by atoms with E-state index in [0.29, 0.717) is 5.56 Å². The molecule has 0 heterocycles. The lowest BCUT2D eigenvalue weighted by atomic mass is 10.2. The Labute approximate surface area is 168 Å². The number of methoxy groups -OCH3 is 1. The molecule has 0 aliphatic carbocycles. The highest BCUT2D eigenvalue weighted by Crippen LogP contribution is 2.26. The second-order valence-corrected chi connectivity index (χ2v) is 5.88. The second kappa shape index (κ2) is 11.3. The minimum atomic E-state index is -0.978. The highest BCUT2D eigenvalue weighted by Gasteiger charge is 2.14. The first-order valence-electron chi connectivity index (χ1n) is 8.78. The SMILES string of the molecule is COc1cc(/C=C/C(=O)OCC(CO)OC(=O)/C=C/c2ccccc2)ccc1O. The van der Waals surface area contributed by atoms with E-state index in [9.17, 15) is 19.8 Å². The van der Waals surface area contributed by atoms with E-state index in [-0.39, 0.29) is 18.1 Å². The van der Waals surface area contributed by atoms with Crippen LogP contribution >= 0.6 is 0 Å². The van der Waals surface area contributed by atoms with E-state index in [1.807, 2.05) is 30.3 Å². The largest absolute Gasteiger partial charge is 0.504 e. The van der Waals surface area contributed by atoms with Crippen LogP contribution in [0.1, 0.15) is 11.1 Å². The maximum atomic E-state index is 11.8. The summed E-state index contributed by atoms with van der Waals surface area (Å²) in [5.74, 6) is -1.07. The molecule has 0 amide bonds. The van der Waals surface area contributed by atoms with Gasteiger partial charge in [0.2, 0.25) is 0 Å². The van der Waals surface area contributed by atoms with E-state index in [2.05, 4.69) is 0 Å². The minimum absolute atomic E-state index is 0.0128. The number of hydrogen-bond acceptors (Lipinski definition) is 7. The summed E-state index contributed by atoms with van der Waals surface area (Å²) in [6, 6.07) is 13.8. The van der Waals surface area contributed by atoms with Crippen LogP contribution in [0.15, 0.2) is 60.7 Å². The molecule has 0 aliphatic rings. The average Bonchev–Trinajstić information content (AvgIpc) is 2.75. The number of carbonyl (C=O) groups is 2. The van der Waals surface area contributed by atoms with Crippen molar-refractivity contribution < 1.29 is 34.0 Å². The maximum Gasteiger partial charge on any atom is 0.331 e. The van der Waals surface area contributed by atoms with Crippen LogP contribution in [0, 0.1) is 0 Å². The Hall–Kier alpha value is -3.58. The van der Waals surface area contributed by atoms with Gasteiger partial charge < -0.3 is 24.4 Å². The Kier molecular flexibility index (Phi) is 8.47. The Morgan fingerprint density at radius 3 is 2.38 bits per heavy atom. The summed E-state index contributed by atoms with van der Waals surface area (Å²) < 4.78 is 15.0. The Bertz CT molecular complexity index is 872. The number of phenols is 1. The van der Waals surface area contributed by atoms with Gasteiger partial charge in [-0.3, -0.25) is 0 Å². The summed E-state index contributed by atoms with van der Waals surface area (Å²) in [6.45, 7) is -0.777. The van der Waals surface area contributed by atoms with Crippen molar-refractivity contribution in [2.24, 2.45) is 0 Å². The highest BCUT2D eigenvalue weighted by atomic mass is 16.6. The number of phenolic OH excluding ortho intramolecular Hbond substituents is 1. The van der Waals surface area contributed by atoms with Gasteiger partial charge in [-0.1, -0.05) is 36.4 Å². The molecule has 2 rings (SSSR count). The molecule has 2 N–H and O–H groups in total. The highest BCUT2D eigenvalue weighted by molar-refractivity contribution is 5.88. The third kappa shape index (κ3) is 7.51. The first-order chi connectivity index (χ1) is 14.0. The molecule has 1 unspecified atom stereocenters. The van der Waals surface area contributed by atoms with Gasteiger partial charge in [-0.15, -0.1) is 0 Å². The van der Waals surface area contributed by atoms with E-state index in [4.69, 9.17) is 14.2 Å². The van der Waals surface area contributed by atoms with Crippen LogP contribution in [0.2, 0.25) is 0 Å². The quantitative estimate of drug-likeness (QED) is 0.494. The topological polar surface area (TPSA) is 102 Å². The molecular weight excluding hydrogens is 376 g/mol. The molecule has 2 aromatic carbocycles.